The summed E-state index contributed by atoms with van der Waals surface area (Å²) in [6.45, 7) is 0.809. The van der Waals surface area contributed by atoms with Crippen LogP contribution in [0, 0.1) is 0 Å². The minimum atomic E-state index is -3.49. The Labute approximate surface area is 71.0 Å². The first-order chi connectivity index (χ1) is 5.21. The van der Waals surface area contributed by atoms with Crippen LogP contribution in [0.25, 0.3) is 0 Å². The second-order valence-electron chi connectivity index (χ2n) is 2.89. The minimum absolute atomic E-state index is 0.180. The Bertz CT molecular complexity index is 220. The molecule has 0 aromatic rings. The largest absolute Gasteiger partial charge is 0.245 e. The van der Waals surface area contributed by atoms with Gasteiger partial charge in [0, 0.05) is 6.42 Å². The van der Waals surface area contributed by atoms with Crippen molar-refractivity contribution < 1.29 is 17.2 Å². The molecule has 0 aliphatic carbocycles. The summed E-state index contributed by atoms with van der Waals surface area (Å²) in [5.74, 6) is -2.93. The number of sulfonamides is 1. The molecule has 0 aliphatic heterocycles. The van der Waals surface area contributed by atoms with Crippen LogP contribution in [0.4, 0.5) is 8.78 Å². The van der Waals surface area contributed by atoms with Crippen molar-refractivity contribution in [2.45, 2.75) is 32.1 Å². The molecular formula is C6H13F2NO2S. The summed E-state index contributed by atoms with van der Waals surface area (Å²) >= 11 is 0. The average Bonchev–Trinajstić information content (AvgIpc) is 1.76. The molecule has 0 radical (unpaired) electrons. The SMILES string of the molecule is CC(F)(F)CCCCS(N)(=O)=O. The monoisotopic (exact) mass is 201 g/mol. The van der Waals surface area contributed by atoms with Crippen LogP contribution in [0.2, 0.25) is 0 Å². The van der Waals surface area contributed by atoms with Gasteiger partial charge in [0.05, 0.1) is 5.75 Å². The highest BCUT2D eigenvalue weighted by Gasteiger charge is 2.19. The van der Waals surface area contributed by atoms with E-state index in [1.54, 1.807) is 0 Å². The second kappa shape index (κ2) is 4.13. The first-order valence-electron chi connectivity index (χ1n) is 3.59. The van der Waals surface area contributed by atoms with Gasteiger partial charge in [0.1, 0.15) is 0 Å². The van der Waals surface area contributed by atoms with Crippen molar-refractivity contribution in [3.63, 3.8) is 0 Å². The summed E-state index contributed by atoms with van der Waals surface area (Å²) in [5.41, 5.74) is 0. The lowest BCUT2D eigenvalue weighted by atomic mass is 10.2. The van der Waals surface area contributed by atoms with E-state index in [9.17, 15) is 17.2 Å². The molecule has 2 N–H and O–H groups in total. The van der Waals surface area contributed by atoms with Gasteiger partial charge >= 0.3 is 0 Å². The quantitative estimate of drug-likeness (QED) is 0.677. The minimum Gasteiger partial charge on any atom is -0.229 e. The Hall–Kier alpha value is -0.230. The smallest absolute Gasteiger partial charge is 0.229 e. The van der Waals surface area contributed by atoms with Gasteiger partial charge in [-0.2, -0.15) is 0 Å². The van der Waals surface area contributed by atoms with Crippen molar-refractivity contribution in [1.29, 1.82) is 0 Å². The van der Waals surface area contributed by atoms with Crippen LogP contribution < -0.4 is 5.14 Å². The molecular weight excluding hydrogens is 188 g/mol. The van der Waals surface area contributed by atoms with Gasteiger partial charge in [-0.1, -0.05) is 0 Å². The lowest BCUT2D eigenvalue weighted by Gasteiger charge is -2.08. The molecule has 12 heavy (non-hydrogen) atoms. The zero-order valence-corrected chi connectivity index (χ0v) is 7.70. The van der Waals surface area contributed by atoms with E-state index in [0.717, 1.165) is 6.92 Å². The predicted molar refractivity (Wildman–Crippen MR) is 42.4 cm³/mol. The molecule has 3 nitrogen and oxygen atoms in total. The van der Waals surface area contributed by atoms with E-state index in [-0.39, 0.29) is 25.0 Å². The Morgan fingerprint density at radius 2 is 1.83 bits per heavy atom. The molecule has 6 heteroatoms. The summed E-state index contributed by atoms with van der Waals surface area (Å²) in [6.07, 6.45) is 0.0880. The fraction of sp³-hybridized carbons (Fsp3) is 1.00. The Morgan fingerprint density at radius 1 is 1.33 bits per heavy atom. The van der Waals surface area contributed by atoms with Crippen molar-refractivity contribution in [2.24, 2.45) is 5.14 Å². The highest BCUT2D eigenvalue weighted by Crippen LogP contribution is 2.19. The van der Waals surface area contributed by atoms with Crippen LogP contribution in [0.1, 0.15) is 26.2 Å². The molecule has 0 unspecified atom stereocenters. The molecule has 0 bridgehead atoms. The number of hydrogen-bond acceptors (Lipinski definition) is 2. The molecule has 74 valence electrons. The summed E-state index contributed by atoms with van der Waals surface area (Å²) in [6, 6.07) is 0. The fourth-order valence-electron chi connectivity index (χ4n) is 0.739. The number of alkyl halides is 2. The van der Waals surface area contributed by atoms with E-state index in [2.05, 4.69) is 5.14 Å². The van der Waals surface area contributed by atoms with Gasteiger partial charge in [0.15, 0.2) is 0 Å². The molecule has 0 aliphatic rings. The van der Waals surface area contributed by atoms with Crippen LogP contribution in [0.3, 0.4) is 0 Å². The molecule has 0 heterocycles. The van der Waals surface area contributed by atoms with E-state index in [0.29, 0.717) is 0 Å². The van der Waals surface area contributed by atoms with Gasteiger partial charge in [-0.05, 0) is 19.8 Å². The highest BCUT2D eigenvalue weighted by atomic mass is 32.2. The lowest BCUT2D eigenvalue weighted by Crippen LogP contribution is -2.17. The Kier molecular flexibility index (Phi) is 4.05. The molecule has 0 spiro atoms. The molecule has 0 saturated heterocycles. The summed E-state index contributed by atoms with van der Waals surface area (Å²) in [5, 5.41) is 4.67. The van der Waals surface area contributed by atoms with Gasteiger partial charge in [-0.25, -0.2) is 22.3 Å². The molecule has 0 atom stereocenters. The first kappa shape index (κ1) is 11.8. The van der Waals surface area contributed by atoms with Gasteiger partial charge in [0.2, 0.25) is 15.9 Å². The number of rotatable bonds is 5. The van der Waals surface area contributed by atoms with Crippen molar-refractivity contribution in [3.05, 3.63) is 0 Å². The highest BCUT2D eigenvalue weighted by molar-refractivity contribution is 7.89. The van der Waals surface area contributed by atoms with Gasteiger partial charge in [-0.3, -0.25) is 0 Å². The third-order valence-corrected chi connectivity index (χ3v) is 2.15. The molecule has 0 rings (SSSR count). The normalized spacial score (nSPS) is 13.3. The topological polar surface area (TPSA) is 60.2 Å². The molecule has 0 amide bonds. The van der Waals surface area contributed by atoms with Crippen LogP contribution in [0.5, 0.6) is 0 Å². The van der Waals surface area contributed by atoms with Crippen molar-refractivity contribution in [1.82, 2.24) is 0 Å². The number of nitrogens with two attached hydrogens (primary N) is 1. The van der Waals surface area contributed by atoms with Crippen molar-refractivity contribution in [2.75, 3.05) is 5.75 Å². The standard InChI is InChI=1S/C6H13F2NO2S/c1-6(7,8)4-2-3-5-12(9,10)11/h2-5H2,1H3,(H2,9,10,11). The van der Waals surface area contributed by atoms with Gasteiger partial charge in [-0.15, -0.1) is 0 Å². The van der Waals surface area contributed by atoms with Crippen molar-refractivity contribution in [3.8, 4) is 0 Å². The maximum absolute atomic E-state index is 12.2. The third-order valence-electron chi connectivity index (χ3n) is 1.29. The summed E-state index contributed by atoms with van der Waals surface area (Å²) in [7, 11) is -3.49. The van der Waals surface area contributed by atoms with Crippen LogP contribution in [0.15, 0.2) is 0 Å². The molecule has 0 saturated carbocycles. The Morgan fingerprint density at radius 3 is 2.17 bits per heavy atom. The molecule has 0 fully saturated rings. The zero-order chi connectivity index (χ0) is 9.83. The van der Waals surface area contributed by atoms with E-state index in [1.165, 1.54) is 0 Å². The van der Waals surface area contributed by atoms with E-state index >= 15 is 0 Å². The number of unbranched alkanes of at least 4 members (excludes halogenated alkanes) is 1. The second-order valence-corrected chi connectivity index (χ2v) is 4.63. The maximum Gasteiger partial charge on any atom is 0.245 e. The third kappa shape index (κ3) is 9.77. The van der Waals surface area contributed by atoms with Gasteiger partial charge in [0.25, 0.3) is 0 Å². The van der Waals surface area contributed by atoms with Crippen LogP contribution in [-0.2, 0) is 10.0 Å². The summed E-state index contributed by atoms with van der Waals surface area (Å²) < 4.78 is 45.0. The fourth-order valence-corrected chi connectivity index (χ4v) is 1.35. The van der Waals surface area contributed by atoms with E-state index in [1.807, 2.05) is 0 Å². The molecule has 0 aromatic heterocycles. The number of hydrogen-bond donors (Lipinski definition) is 1. The predicted octanol–water partition coefficient (Wildman–Crippen LogP) is 1.10. The number of primary sulfonamides is 1. The molecule has 0 aromatic carbocycles. The maximum atomic E-state index is 12.2. The Balaban J connectivity index is 3.48. The average molecular weight is 201 g/mol. The lowest BCUT2D eigenvalue weighted by molar-refractivity contribution is 0.0109. The first-order valence-corrected chi connectivity index (χ1v) is 5.30. The van der Waals surface area contributed by atoms with Crippen molar-refractivity contribution >= 4 is 10.0 Å². The van der Waals surface area contributed by atoms with Gasteiger partial charge < -0.3 is 0 Å². The van der Waals surface area contributed by atoms with Crippen LogP contribution >= 0.6 is 0 Å². The summed E-state index contributed by atoms with van der Waals surface area (Å²) in [4.78, 5) is 0. The van der Waals surface area contributed by atoms with E-state index in [4.69, 9.17) is 0 Å². The van der Waals surface area contributed by atoms with E-state index < -0.39 is 15.9 Å². The number of halogens is 2. The van der Waals surface area contributed by atoms with Crippen LogP contribution in [-0.4, -0.2) is 20.1 Å². The zero-order valence-electron chi connectivity index (χ0n) is 6.89.